The van der Waals surface area contributed by atoms with Crippen LogP contribution in [0.4, 0.5) is 4.79 Å². The Hall–Kier alpha value is -0.810. The van der Waals surface area contributed by atoms with Gasteiger partial charge in [-0.05, 0) is 38.6 Å². The average Bonchev–Trinajstić information content (AvgIpc) is 2.15. The molecule has 0 aliphatic carbocycles. The number of hydrogen-bond acceptors (Lipinski definition) is 4. The second kappa shape index (κ2) is 6.21. The van der Waals surface area contributed by atoms with Gasteiger partial charge in [-0.25, -0.2) is 4.79 Å². The number of hydrogen-bond donors (Lipinski definition) is 3. The minimum atomic E-state index is -0.505. The highest BCUT2D eigenvalue weighted by Crippen LogP contribution is 2.24. The highest BCUT2D eigenvalue weighted by molar-refractivity contribution is 5.67. The maximum absolute atomic E-state index is 11.5. The van der Waals surface area contributed by atoms with E-state index in [0.717, 1.165) is 0 Å². The van der Waals surface area contributed by atoms with Crippen LogP contribution in [0.1, 0.15) is 34.6 Å². The molecule has 1 amide bonds. The van der Waals surface area contributed by atoms with E-state index in [1.54, 1.807) is 0 Å². The van der Waals surface area contributed by atoms with Gasteiger partial charge >= 0.3 is 6.09 Å². The Bertz CT molecular complexity index is 247. The van der Waals surface area contributed by atoms with Crippen LogP contribution in [0.5, 0.6) is 0 Å². The molecule has 0 aromatic carbocycles. The van der Waals surface area contributed by atoms with E-state index in [-0.39, 0.29) is 17.9 Å². The normalized spacial score (nSPS) is 14.3. The van der Waals surface area contributed by atoms with Crippen molar-refractivity contribution in [2.45, 2.75) is 40.2 Å². The number of carbonyl (C=O) groups is 1. The Morgan fingerprint density at radius 2 is 1.88 bits per heavy atom. The number of aliphatic hydroxyl groups excluding tert-OH is 1. The van der Waals surface area contributed by atoms with Crippen molar-refractivity contribution in [2.75, 3.05) is 19.7 Å². The molecule has 0 aromatic heterocycles. The molecular formula is C12H26N2O3. The second-order valence-electron chi connectivity index (χ2n) is 5.96. The van der Waals surface area contributed by atoms with Crippen LogP contribution in [-0.4, -0.2) is 36.5 Å². The van der Waals surface area contributed by atoms with Crippen LogP contribution in [-0.2, 0) is 4.74 Å². The lowest BCUT2D eigenvalue weighted by Gasteiger charge is -2.32. The Labute approximate surface area is 104 Å². The fourth-order valence-corrected chi connectivity index (χ4v) is 1.33. The topological polar surface area (TPSA) is 84.6 Å². The fourth-order valence-electron chi connectivity index (χ4n) is 1.33. The van der Waals surface area contributed by atoms with E-state index >= 15 is 0 Å². The summed E-state index contributed by atoms with van der Waals surface area (Å²) >= 11 is 0. The first-order valence-electron chi connectivity index (χ1n) is 5.90. The summed E-state index contributed by atoms with van der Waals surface area (Å²) in [5, 5.41) is 11.9. The molecule has 0 saturated carbocycles. The first-order valence-corrected chi connectivity index (χ1v) is 5.90. The monoisotopic (exact) mass is 246 g/mol. The number of carbonyl (C=O) groups excluding carboxylic acids is 1. The lowest BCUT2D eigenvalue weighted by molar-refractivity contribution is 0.0476. The smallest absolute Gasteiger partial charge is 0.407 e. The zero-order valence-corrected chi connectivity index (χ0v) is 11.5. The Balaban J connectivity index is 4.21. The van der Waals surface area contributed by atoms with Gasteiger partial charge in [0.05, 0.1) is 0 Å². The van der Waals surface area contributed by atoms with Crippen molar-refractivity contribution < 1.29 is 14.6 Å². The Kier molecular flexibility index (Phi) is 5.92. The van der Waals surface area contributed by atoms with Gasteiger partial charge in [0.25, 0.3) is 0 Å². The lowest BCUT2D eigenvalue weighted by atomic mass is 9.79. The molecule has 0 fully saturated rings. The summed E-state index contributed by atoms with van der Waals surface area (Å²) in [6.45, 7) is 10.1. The number of ether oxygens (including phenoxy) is 1. The third-order valence-electron chi connectivity index (χ3n) is 2.69. The van der Waals surface area contributed by atoms with Gasteiger partial charge in [0.2, 0.25) is 0 Å². The molecule has 0 aromatic rings. The van der Waals surface area contributed by atoms with Gasteiger partial charge in [-0.2, -0.15) is 0 Å². The first-order chi connectivity index (χ1) is 7.62. The van der Waals surface area contributed by atoms with Crippen LogP contribution in [0.25, 0.3) is 0 Å². The summed E-state index contributed by atoms with van der Waals surface area (Å²) in [6, 6.07) is 0. The van der Waals surface area contributed by atoms with E-state index in [4.69, 9.17) is 10.5 Å². The maximum atomic E-state index is 11.5. The summed E-state index contributed by atoms with van der Waals surface area (Å²) in [7, 11) is 0. The number of aliphatic hydroxyl groups is 1. The number of nitrogens with two attached hydrogens (primary N) is 1. The summed E-state index contributed by atoms with van der Waals surface area (Å²) in [5.41, 5.74) is 4.82. The van der Waals surface area contributed by atoms with Gasteiger partial charge in [0, 0.05) is 13.2 Å². The van der Waals surface area contributed by atoms with E-state index in [2.05, 4.69) is 5.32 Å². The van der Waals surface area contributed by atoms with E-state index < -0.39 is 11.7 Å². The van der Waals surface area contributed by atoms with Crippen LogP contribution in [0.2, 0.25) is 0 Å². The second-order valence-corrected chi connectivity index (χ2v) is 5.96. The van der Waals surface area contributed by atoms with Gasteiger partial charge in [-0.1, -0.05) is 13.8 Å². The summed E-state index contributed by atoms with van der Waals surface area (Å²) in [5.74, 6) is 0.0139. The molecule has 5 nitrogen and oxygen atoms in total. The third kappa shape index (κ3) is 6.48. The van der Waals surface area contributed by atoms with Crippen molar-refractivity contribution in [3.63, 3.8) is 0 Å². The minimum Gasteiger partial charge on any atom is -0.444 e. The van der Waals surface area contributed by atoms with Crippen LogP contribution in [0.3, 0.4) is 0 Å². The van der Waals surface area contributed by atoms with Gasteiger partial charge in [-0.3, -0.25) is 0 Å². The van der Waals surface area contributed by atoms with Gasteiger partial charge in [0.1, 0.15) is 5.60 Å². The van der Waals surface area contributed by atoms with Crippen LogP contribution in [0.15, 0.2) is 0 Å². The molecule has 4 N–H and O–H groups in total. The van der Waals surface area contributed by atoms with Crippen LogP contribution < -0.4 is 11.1 Å². The molecule has 0 rings (SSSR count). The predicted octanol–water partition coefficient (Wildman–Crippen LogP) is 1.10. The van der Waals surface area contributed by atoms with E-state index in [1.165, 1.54) is 0 Å². The average molecular weight is 246 g/mol. The van der Waals surface area contributed by atoms with Gasteiger partial charge in [-0.15, -0.1) is 0 Å². The van der Waals surface area contributed by atoms with Crippen molar-refractivity contribution in [1.82, 2.24) is 5.32 Å². The van der Waals surface area contributed by atoms with Crippen LogP contribution >= 0.6 is 0 Å². The number of alkyl carbamates (subject to hydrolysis) is 1. The Morgan fingerprint density at radius 3 is 2.24 bits per heavy atom. The van der Waals surface area contributed by atoms with Crippen molar-refractivity contribution in [2.24, 2.45) is 17.1 Å². The summed E-state index contributed by atoms with van der Waals surface area (Å²) in [4.78, 5) is 11.5. The lowest BCUT2D eigenvalue weighted by Crippen LogP contribution is -2.43. The molecule has 102 valence electrons. The van der Waals surface area contributed by atoms with Crippen molar-refractivity contribution >= 4 is 6.09 Å². The fraction of sp³-hybridized carbons (Fsp3) is 0.917. The predicted molar refractivity (Wildman–Crippen MR) is 67.6 cm³/mol. The third-order valence-corrected chi connectivity index (χ3v) is 2.69. The number of amides is 1. The molecule has 1 unspecified atom stereocenters. The highest BCUT2D eigenvalue weighted by Gasteiger charge is 2.28. The molecule has 0 heterocycles. The molecule has 5 heteroatoms. The molecule has 0 aliphatic heterocycles. The molecule has 0 aliphatic rings. The van der Waals surface area contributed by atoms with Crippen LogP contribution in [0, 0.1) is 11.3 Å². The largest absolute Gasteiger partial charge is 0.444 e. The Morgan fingerprint density at radius 1 is 1.35 bits per heavy atom. The standard InChI is InChI=1S/C12H26N2O3/c1-11(2,3)17-10(16)14-7-9(6-13)12(4,5)8-15/h9,15H,6-8,13H2,1-5H3,(H,14,16). The number of rotatable bonds is 5. The highest BCUT2D eigenvalue weighted by atomic mass is 16.6. The van der Waals surface area contributed by atoms with Crippen molar-refractivity contribution in [3.05, 3.63) is 0 Å². The number of nitrogens with one attached hydrogen (secondary N) is 1. The summed E-state index contributed by atoms with van der Waals surface area (Å²) < 4.78 is 5.13. The summed E-state index contributed by atoms with van der Waals surface area (Å²) in [6.07, 6.45) is -0.454. The molecule has 1 atom stereocenters. The molecule has 17 heavy (non-hydrogen) atoms. The van der Waals surface area contributed by atoms with Gasteiger partial charge in [0.15, 0.2) is 0 Å². The molecule has 0 spiro atoms. The van der Waals surface area contributed by atoms with Gasteiger partial charge < -0.3 is 20.9 Å². The van der Waals surface area contributed by atoms with Crippen molar-refractivity contribution in [1.29, 1.82) is 0 Å². The molecule has 0 radical (unpaired) electrons. The minimum absolute atomic E-state index is 0.0139. The quantitative estimate of drug-likeness (QED) is 0.678. The molecule has 0 bridgehead atoms. The zero-order valence-electron chi connectivity index (χ0n) is 11.5. The zero-order chi connectivity index (χ0) is 13.7. The molecule has 0 saturated heterocycles. The van der Waals surface area contributed by atoms with E-state index in [9.17, 15) is 9.90 Å². The van der Waals surface area contributed by atoms with Crippen molar-refractivity contribution in [3.8, 4) is 0 Å². The maximum Gasteiger partial charge on any atom is 0.407 e. The van der Waals surface area contributed by atoms with E-state index in [0.29, 0.717) is 13.1 Å². The molecular weight excluding hydrogens is 220 g/mol. The SMILES string of the molecule is CC(C)(C)OC(=O)NCC(CN)C(C)(C)CO. The first kappa shape index (κ1) is 16.2. The van der Waals surface area contributed by atoms with E-state index in [1.807, 2.05) is 34.6 Å².